The van der Waals surface area contributed by atoms with Crippen LogP contribution in [0.15, 0.2) is 36.4 Å². The van der Waals surface area contributed by atoms with Gasteiger partial charge in [0, 0.05) is 24.3 Å². The zero-order valence-corrected chi connectivity index (χ0v) is 13.8. The van der Waals surface area contributed by atoms with E-state index < -0.39 is 0 Å². The fourth-order valence-corrected chi connectivity index (χ4v) is 2.65. The maximum absolute atomic E-state index is 12.1. The van der Waals surface area contributed by atoms with Crippen LogP contribution in [0, 0.1) is 27.7 Å². The number of amides is 1. The second kappa shape index (κ2) is 7.12. The predicted molar refractivity (Wildman–Crippen MR) is 93.6 cm³/mol. The van der Waals surface area contributed by atoms with Gasteiger partial charge in [0.15, 0.2) is 0 Å². The minimum atomic E-state index is 0.0372. The van der Waals surface area contributed by atoms with Crippen molar-refractivity contribution in [2.75, 3.05) is 17.2 Å². The largest absolute Gasteiger partial charge is 0.385 e. The number of hydrogen-bond acceptors (Lipinski definition) is 2. The maximum atomic E-state index is 12.1. The molecule has 0 aliphatic rings. The van der Waals surface area contributed by atoms with Crippen LogP contribution < -0.4 is 10.6 Å². The molecule has 0 saturated heterocycles. The summed E-state index contributed by atoms with van der Waals surface area (Å²) in [5, 5.41) is 6.30. The van der Waals surface area contributed by atoms with E-state index in [-0.39, 0.29) is 5.91 Å². The van der Waals surface area contributed by atoms with E-state index in [1.807, 2.05) is 26.0 Å². The molecule has 0 unspecified atom stereocenters. The van der Waals surface area contributed by atoms with Crippen molar-refractivity contribution < 1.29 is 4.79 Å². The van der Waals surface area contributed by atoms with Gasteiger partial charge in [-0.05, 0) is 56.5 Å². The molecule has 0 aromatic heterocycles. The third-order valence-corrected chi connectivity index (χ3v) is 3.64. The molecule has 0 fully saturated rings. The average molecular weight is 296 g/mol. The van der Waals surface area contributed by atoms with Gasteiger partial charge < -0.3 is 10.6 Å². The zero-order chi connectivity index (χ0) is 16.1. The molecule has 2 aromatic rings. The lowest BCUT2D eigenvalue weighted by molar-refractivity contribution is -0.115. The first-order valence-corrected chi connectivity index (χ1v) is 7.64. The van der Waals surface area contributed by atoms with Crippen molar-refractivity contribution in [2.45, 2.75) is 34.1 Å². The zero-order valence-electron chi connectivity index (χ0n) is 13.8. The number of carbonyl (C=O) groups is 1. The quantitative estimate of drug-likeness (QED) is 0.860. The van der Waals surface area contributed by atoms with Gasteiger partial charge in [0.2, 0.25) is 5.91 Å². The normalized spacial score (nSPS) is 10.4. The van der Waals surface area contributed by atoms with Crippen LogP contribution in [0.2, 0.25) is 0 Å². The molecule has 0 bridgehead atoms. The summed E-state index contributed by atoms with van der Waals surface area (Å²) in [6.45, 7) is 8.80. The fraction of sp³-hybridized carbons (Fsp3) is 0.316. The highest BCUT2D eigenvalue weighted by molar-refractivity contribution is 5.92. The Hall–Kier alpha value is -2.29. The molecule has 2 rings (SSSR count). The molecule has 0 aliphatic carbocycles. The number of rotatable bonds is 5. The Labute approximate surface area is 132 Å². The third kappa shape index (κ3) is 4.35. The predicted octanol–water partition coefficient (Wildman–Crippen LogP) is 4.36. The first-order chi connectivity index (χ1) is 10.5. The number of nitrogens with one attached hydrogen (secondary N) is 2. The molecule has 2 aromatic carbocycles. The Balaban J connectivity index is 1.89. The number of aryl methyl sites for hydroxylation is 4. The van der Waals surface area contributed by atoms with Gasteiger partial charge in [-0.15, -0.1) is 0 Å². The maximum Gasteiger partial charge on any atom is 0.226 e. The summed E-state index contributed by atoms with van der Waals surface area (Å²) < 4.78 is 0. The van der Waals surface area contributed by atoms with Gasteiger partial charge in [-0.2, -0.15) is 0 Å². The average Bonchev–Trinajstić information content (AvgIpc) is 2.43. The summed E-state index contributed by atoms with van der Waals surface area (Å²) in [4.78, 5) is 12.1. The Morgan fingerprint density at radius 1 is 0.955 bits per heavy atom. The number of hydrogen-bond donors (Lipinski definition) is 2. The molecule has 22 heavy (non-hydrogen) atoms. The lowest BCUT2D eigenvalue weighted by Crippen LogP contribution is -2.17. The van der Waals surface area contributed by atoms with Crippen molar-refractivity contribution in [2.24, 2.45) is 0 Å². The molecule has 0 radical (unpaired) electrons. The molecule has 0 aliphatic heterocycles. The summed E-state index contributed by atoms with van der Waals surface area (Å²) >= 11 is 0. The summed E-state index contributed by atoms with van der Waals surface area (Å²) in [6, 6.07) is 12.3. The monoisotopic (exact) mass is 296 g/mol. The van der Waals surface area contributed by atoms with Crippen LogP contribution in [0.25, 0.3) is 0 Å². The fourth-order valence-electron chi connectivity index (χ4n) is 2.65. The van der Waals surface area contributed by atoms with Crippen LogP contribution in [0.4, 0.5) is 11.4 Å². The molecule has 0 atom stereocenters. The van der Waals surface area contributed by atoms with Crippen LogP contribution >= 0.6 is 0 Å². The molecular weight excluding hydrogens is 272 g/mol. The minimum absolute atomic E-state index is 0.0372. The summed E-state index contributed by atoms with van der Waals surface area (Å²) in [6.07, 6.45) is 0.445. The van der Waals surface area contributed by atoms with E-state index in [0.717, 1.165) is 22.5 Å². The molecule has 3 heteroatoms. The molecule has 116 valence electrons. The lowest BCUT2D eigenvalue weighted by atomic mass is 10.1. The smallest absolute Gasteiger partial charge is 0.226 e. The first-order valence-electron chi connectivity index (χ1n) is 7.64. The minimum Gasteiger partial charge on any atom is -0.385 e. The number of carbonyl (C=O) groups excluding carboxylic acids is 1. The van der Waals surface area contributed by atoms with Crippen molar-refractivity contribution in [3.63, 3.8) is 0 Å². The van der Waals surface area contributed by atoms with Crippen molar-refractivity contribution in [1.29, 1.82) is 0 Å². The Kier molecular flexibility index (Phi) is 5.21. The molecule has 0 heterocycles. The second-order valence-electron chi connectivity index (χ2n) is 5.87. The van der Waals surface area contributed by atoms with Crippen LogP contribution in [-0.4, -0.2) is 12.5 Å². The van der Waals surface area contributed by atoms with Crippen molar-refractivity contribution in [3.05, 3.63) is 58.7 Å². The van der Waals surface area contributed by atoms with E-state index in [1.54, 1.807) is 0 Å². The highest BCUT2D eigenvalue weighted by atomic mass is 16.1. The van der Waals surface area contributed by atoms with E-state index in [0.29, 0.717) is 13.0 Å². The van der Waals surface area contributed by atoms with Crippen LogP contribution in [0.3, 0.4) is 0 Å². The van der Waals surface area contributed by atoms with Crippen LogP contribution in [0.1, 0.15) is 28.7 Å². The number of benzene rings is 2. The Bertz CT molecular complexity index is 654. The van der Waals surface area contributed by atoms with E-state index in [4.69, 9.17) is 0 Å². The Morgan fingerprint density at radius 3 is 2.27 bits per heavy atom. The van der Waals surface area contributed by atoms with E-state index in [1.165, 1.54) is 11.1 Å². The standard InChI is InChI=1S/C19H24N2O/c1-13-6-5-7-17(12-13)20-9-8-18(22)21-19-15(3)10-14(2)11-16(19)4/h5-7,10-12,20H,8-9H2,1-4H3,(H,21,22). The highest BCUT2D eigenvalue weighted by Crippen LogP contribution is 2.22. The van der Waals surface area contributed by atoms with Crippen molar-refractivity contribution in [1.82, 2.24) is 0 Å². The first kappa shape index (κ1) is 16.1. The van der Waals surface area contributed by atoms with E-state index in [2.05, 4.69) is 48.7 Å². The van der Waals surface area contributed by atoms with Gasteiger partial charge in [0.1, 0.15) is 0 Å². The summed E-state index contributed by atoms with van der Waals surface area (Å²) in [7, 11) is 0. The van der Waals surface area contributed by atoms with Crippen LogP contribution in [-0.2, 0) is 4.79 Å². The molecule has 0 spiro atoms. The van der Waals surface area contributed by atoms with Crippen molar-refractivity contribution in [3.8, 4) is 0 Å². The summed E-state index contributed by atoms with van der Waals surface area (Å²) in [5.74, 6) is 0.0372. The highest BCUT2D eigenvalue weighted by Gasteiger charge is 2.08. The number of anilines is 2. The molecule has 2 N–H and O–H groups in total. The molecular formula is C19H24N2O. The van der Waals surface area contributed by atoms with Gasteiger partial charge in [0.05, 0.1) is 0 Å². The van der Waals surface area contributed by atoms with E-state index in [9.17, 15) is 4.79 Å². The SMILES string of the molecule is Cc1cccc(NCCC(=O)Nc2c(C)cc(C)cc2C)c1. The second-order valence-corrected chi connectivity index (χ2v) is 5.87. The van der Waals surface area contributed by atoms with Gasteiger partial charge in [-0.3, -0.25) is 4.79 Å². The van der Waals surface area contributed by atoms with Crippen LogP contribution in [0.5, 0.6) is 0 Å². The van der Waals surface area contributed by atoms with Crippen molar-refractivity contribution >= 4 is 17.3 Å². The summed E-state index contributed by atoms with van der Waals surface area (Å²) in [5.41, 5.74) is 6.63. The van der Waals surface area contributed by atoms with Gasteiger partial charge in [0.25, 0.3) is 0 Å². The molecule has 3 nitrogen and oxygen atoms in total. The van der Waals surface area contributed by atoms with E-state index >= 15 is 0 Å². The Morgan fingerprint density at radius 2 is 1.64 bits per heavy atom. The van der Waals surface area contributed by atoms with Gasteiger partial charge >= 0.3 is 0 Å². The van der Waals surface area contributed by atoms with Gasteiger partial charge in [-0.1, -0.05) is 29.8 Å². The van der Waals surface area contributed by atoms with Gasteiger partial charge in [-0.25, -0.2) is 0 Å². The lowest BCUT2D eigenvalue weighted by Gasteiger charge is -2.13. The third-order valence-electron chi connectivity index (χ3n) is 3.64. The molecule has 1 amide bonds. The topological polar surface area (TPSA) is 41.1 Å². The molecule has 0 saturated carbocycles.